The van der Waals surface area contributed by atoms with Crippen LogP contribution in [0.5, 0.6) is 0 Å². The maximum Gasteiger partial charge on any atom is 0.522 e. The highest BCUT2D eigenvalue weighted by Crippen LogP contribution is 2.42. The third-order valence-electron chi connectivity index (χ3n) is 6.91. The van der Waals surface area contributed by atoms with Crippen LogP contribution < -0.4 is 4.72 Å². The molecule has 1 saturated carbocycles. The molecule has 0 bridgehead atoms. The van der Waals surface area contributed by atoms with Gasteiger partial charge in [0.05, 0.1) is 22.3 Å². The van der Waals surface area contributed by atoms with E-state index in [0.29, 0.717) is 17.5 Å². The van der Waals surface area contributed by atoms with Gasteiger partial charge in [-0.05, 0) is 54.5 Å². The lowest BCUT2D eigenvalue weighted by Gasteiger charge is -2.18. The first-order valence-electron chi connectivity index (χ1n) is 12.8. The minimum absolute atomic E-state index is 0.0908. The summed E-state index contributed by atoms with van der Waals surface area (Å²) in [6.45, 7) is 0. The van der Waals surface area contributed by atoms with Crippen LogP contribution in [0, 0.1) is 0 Å². The fourth-order valence-corrected chi connectivity index (χ4v) is 6.03. The molecule has 6 nitrogen and oxygen atoms in total. The largest absolute Gasteiger partial charge is 0.522 e. The SMILES string of the molecule is O=S(=O)(Nc1ncc(-c2cccc([C@H]3CC[C@@H](OC(F)(F)F)C3)c2)c(-c2ccccc2C(F)(F)F)n1)c1ccccc1. The van der Waals surface area contributed by atoms with E-state index in [9.17, 15) is 34.8 Å². The number of nitrogens with zero attached hydrogens (tertiary/aromatic N) is 2. The minimum atomic E-state index is -4.75. The van der Waals surface area contributed by atoms with Gasteiger partial charge in [-0.3, -0.25) is 4.74 Å². The number of alkyl halides is 6. The molecule has 0 aliphatic heterocycles. The van der Waals surface area contributed by atoms with Crippen LogP contribution in [0.3, 0.4) is 0 Å². The summed E-state index contributed by atoms with van der Waals surface area (Å²) in [6, 6.07) is 18.8. The summed E-state index contributed by atoms with van der Waals surface area (Å²) in [5, 5.41) is 0. The van der Waals surface area contributed by atoms with Gasteiger partial charge in [0.15, 0.2) is 0 Å². The summed E-state index contributed by atoms with van der Waals surface area (Å²) in [5.74, 6) is -0.699. The van der Waals surface area contributed by atoms with Crippen molar-refractivity contribution in [1.82, 2.24) is 9.97 Å². The van der Waals surface area contributed by atoms with Gasteiger partial charge < -0.3 is 0 Å². The van der Waals surface area contributed by atoms with E-state index in [1.165, 1.54) is 48.7 Å². The molecule has 1 aliphatic carbocycles. The Morgan fingerprint density at radius 1 is 0.833 bits per heavy atom. The molecule has 3 aromatic carbocycles. The predicted octanol–water partition coefficient (Wildman–Crippen LogP) is 7.80. The highest BCUT2D eigenvalue weighted by atomic mass is 32.2. The van der Waals surface area contributed by atoms with Gasteiger partial charge in [-0.25, -0.2) is 23.1 Å². The van der Waals surface area contributed by atoms with E-state index in [1.54, 1.807) is 30.3 Å². The Balaban J connectivity index is 1.57. The lowest BCUT2D eigenvalue weighted by molar-refractivity contribution is -0.341. The third kappa shape index (κ3) is 6.73. The molecule has 0 unspecified atom stereocenters. The lowest BCUT2D eigenvalue weighted by Crippen LogP contribution is -2.21. The van der Waals surface area contributed by atoms with E-state index in [0.717, 1.165) is 6.07 Å². The predicted molar refractivity (Wildman–Crippen MR) is 143 cm³/mol. The van der Waals surface area contributed by atoms with Crippen LogP contribution in [-0.4, -0.2) is 30.9 Å². The number of rotatable bonds is 7. The number of hydrogen-bond acceptors (Lipinski definition) is 5. The number of halogens is 6. The molecule has 42 heavy (non-hydrogen) atoms. The third-order valence-corrected chi connectivity index (χ3v) is 8.25. The molecule has 5 rings (SSSR count). The van der Waals surface area contributed by atoms with E-state index in [1.807, 2.05) is 0 Å². The molecule has 1 aliphatic rings. The zero-order valence-corrected chi connectivity index (χ0v) is 22.5. The second kappa shape index (κ2) is 11.4. The van der Waals surface area contributed by atoms with Gasteiger partial charge in [0.1, 0.15) is 0 Å². The molecule has 2 atom stereocenters. The van der Waals surface area contributed by atoms with E-state index in [-0.39, 0.29) is 40.5 Å². The standard InChI is InChI=1S/C29H23F6N3O3S/c30-28(31,32)25-12-5-4-11-23(25)26-24(17-36-27(37-26)38-42(39,40)22-9-2-1-3-10-22)20-8-6-7-18(15-20)19-13-14-21(16-19)41-29(33,34)35/h1-12,15,17,19,21H,13-14,16H2,(H,36,37,38)/t19-,21+/m0/s1. The van der Waals surface area contributed by atoms with Crippen molar-refractivity contribution in [2.24, 2.45) is 0 Å². The van der Waals surface area contributed by atoms with Crippen molar-refractivity contribution in [3.05, 3.63) is 96.2 Å². The summed E-state index contributed by atoms with van der Waals surface area (Å²) in [6.07, 6.45) is -8.49. The summed E-state index contributed by atoms with van der Waals surface area (Å²) < 4.78 is 112. The van der Waals surface area contributed by atoms with Crippen LogP contribution in [0.2, 0.25) is 0 Å². The fourth-order valence-electron chi connectivity index (χ4n) is 5.06. The molecular formula is C29H23F6N3O3S. The van der Waals surface area contributed by atoms with Crippen molar-refractivity contribution in [2.45, 2.75) is 48.7 Å². The number of nitrogens with one attached hydrogen (secondary N) is 1. The Hall–Kier alpha value is -3.97. The quantitative estimate of drug-likeness (QED) is 0.217. The summed E-state index contributed by atoms with van der Waals surface area (Å²) in [7, 11) is -4.15. The summed E-state index contributed by atoms with van der Waals surface area (Å²) >= 11 is 0. The number of benzene rings is 3. The van der Waals surface area contributed by atoms with Gasteiger partial charge in [0.2, 0.25) is 5.95 Å². The van der Waals surface area contributed by atoms with Crippen LogP contribution in [-0.2, 0) is 20.9 Å². The molecule has 1 heterocycles. The molecule has 4 aromatic rings. The number of anilines is 1. The Bertz CT molecular complexity index is 1680. The maximum absolute atomic E-state index is 14.0. The van der Waals surface area contributed by atoms with E-state index in [4.69, 9.17) is 0 Å². The molecule has 0 saturated heterocycles. The molecule has 0 radical (unpaired) electrons. The zero-order chi connectivity index (χ0) is 30.1. The second-order valence-corrected chi connectivity index (χ2v) is 11.4. The summed E-state index contributed by atoms with van der Waals surface area (Å²) in [4.78, 5) is 8.24. The first-order valence-corrected chi connectivity index (χ1v) is 14.2. The van der Waals surface area contributed by atoms with Crippen LogP contribution in [0.1, 0.15) is 36.3 Å². The second-order valence-electron chi connectivity index (χ2n) is 9.74. The Morgan fingerprint density at radius 2 is 1.55 bits per heavy atom. The molecule has 13 heteroatoms. The van der Waals surface area contributed by atoms with Crippen LogP contribution in [0.15, 0.2) is 90.0 Å². The Kier molecular flexibility index (Phi) is 7.99. The highest BCUT2D eigenvalue weighted by Gasteiger charge is 2.38. The van der Waals surface area contributed by atoms with Crippen molar-refractivity contribution in [3.8, 4) is 22.4 Å². The number of hydrogen-bond donors (Lipinski definition) is 1. The summed E-state index contributed by atoms with van der Waals surface area (Å²) in [5.41, 5.74) is -0.182. The Labute approximate surface area is 237 Å². The van der Waals surface area contributed by atoms with Crippen LogP contribution in [0.4, 0.5) is 32.3 Å². The van der Waals surface area contributed by atoms with E-state index < -0.39 is 40.2 Å². The number of ether oxygens (including phenoxy) is 1. The monoisotopic (exact) mass is 607 g/mol. The Morgan fingerprint density at radius 3 is 2.26 bits per heavy atom. The lowest BCUT2D eigenvalue weighted by atomic mass is 9.92. The van der Waals surface area contributed by atoms with Gasteiger partial charge >= 0.3 is 12.5 Å². The smallest absolute Gasteiger partial charge is 0.289 e. The number of aromatic nitrogens is 2. The normalized spacial score (nSPS) is 17.8. The maximum atomic E-state index is 14.0. The van der Waals surface area contributed by atoms with Crippen LogP contribution >= 0.6 is 0 Å². The average Bonchev–Trinajstić information content (AvgIpc) is 3.40. The molecule has 0 spiro atoms. The molecule has 220 valence electrons. The number of sulfonamides is 1. The van der Waals surface area contributed by atoms with Gasteiger partial charge in [0.25, 0.3) is 10.0 Å². The molecule has 0 amide bonds. The zero-order valence-electron chi connectivity index (χ0n) is 21.7. The average molecular weight is 608 g/mol. The van der Waals surface area contributed by atoms with Gasteiger partial charge in [-0.1, -0.05) is 60.7 Å². The van der Waals surface area contributed by atoms with Crippen LogP contribution in [0.25, 0.3) is 22.4 Å². The van der Waals surface area contributed by atoms with E-state index >= 15 is 0 Å². The molecule has 1 N–H and O–H groups in total. The van der Waals surface area contributed by atoms with Crippen molar-refractivity contribution in [2.75, 3.05) is 4.72 Å². The molecule has 1 fully saturated rings. The molecule has 1 aromatic heterocycles. The van der Waals surface area contributed by atoms with Crippen molar-refractivity contribution < 1.29 is 39.5 Å². The topological polar surface area (TPSA) is 81.2 Å². The van der Waals surface area contributed by atoms with Gasteiger partial charge in [-0.2, -0.15) is 13.2 Å². The van der Waals surface area contributed by atoms with E-state index in [2.05, 4.69) is 19.4 Å². The van der Waals surface area contributed by atoms with Crippen molar-refractivity contribution in [1.29, 1.82) is 0 Å². The van der Waals surface area contributed by atoms with Gasteiger partial charge in [-0.15, -0.1) is 13.2 Å². The van der Waals surface area contributed by atoms with Crippen molar-refractivity contribution >= 4 is 16.0 Å². The molecular weight excluding hydrogens is 584 g/mol. The first kappa shape index (κ1) is 29.5. The minimum Gasteiger partial charge on any atom is -0.289 e. The fraction of sp³-hybridized carbons (Fsp3) is 0.241. The van der Waals surface area contributed by atoms with Crippen molar-refractivity contribution in [3.63, 3.8) is 0 Å². The highest BCUT2D eigenvalue weighted by molar-refractivity contribution is 7.92. The first-order chi connectivity index (χ1) is 19.8. The van der Waals surface area contributed by atoms with Gasteiger partial charge in [0, 0.05) is 17.3 Å².